The molecule has 0 saturated heterocycles. The summed E-state index contributed by atoms with van der Waals surface area (Å²) in [7, 11) is 0. The van der Waals surface area contributed by atoms with E-state index in [9.17, 15) is 0 Å². The van der Waals surface area contributed by atoms with Gasteiger partial charge in [-0.25, -0.2) is 0 Å². The highest BCUT2D eigenvalue weighted by atomic mass is 32.1. The van der Waals surface area contributed by atoms with E-state index in [1.54, 1.807) is 0 Å². The molecule has 0 aliphatic carbocycles. The van der Waals surface area contributed by atoms with E-state index >= 15 is 0 Å². The van der Waals surface area contributed by atoms with Gasteiger partial charge in [0.15, 0.2) is 0 Å². The number of benzene rings is 1. The number of hydrogen-bond donors (Lipinski definition) is 2. The zero-order chi connectivity index (χ0) is 8.81. The predicted molar refractivity (Wildman–Crippen MR) is 51.8 cm³/mol. The van der Waals surface area contributed by atoms with Crippen LogP contribution in [0.4, 0.5) is 0 Å². The van der Waals surface area contributed by atoms with E-state index < -0.39 is 6.10 Å². The zero-order valence-corrected chi connectivity index (χ0v) is 7.58. The Bertz CT molecular complexity index is 213. The Morgan fingerprint density at radius 1 is 1.33 bits per heavy atom. The molecule has 12 heavy (non-hydrogen) atoms. The Kier molecular flexibility index (Phi) is 3.97. The molecule has 0 bridgehead atoms. The minimum absolute atomic E-state index is 0.299. The molecule has 0 aliphatic heterocycles. The smallest absolute Gasteiger partial charge is 0.119 e. The number of hydrogen-bond acceptors (Lipinski definition) is 3. The highest BCUT2D eigenvalue weighted by Crippen LogP contribution is 2.08. The summed E-state index contributed by atoms with van der Waals surface area (Å²) in [5, 5.41) is 9.12. The summed E-state index contributed by atoms with van der Waals surface area (Å²) in [6.45, 7) is 0.299. The summed E-state index contributed by atoms with van der Waals surface area (Å²) in [6.07, 6.45) is -0.492. The maximum Gasteiger partial charge on any atom is 0.119 e. The molecule has 66 valence electrons. The Labute approximate surface area is 77.6 Å². The molecular weight excluding hydrogens is 172 g/mol. The van der Waals surface area contributed by atoms with Gasteiger partial charge in [0.1, 0.15) is 12.4 Å². The lowest BCUT2D eigenvalue weighted by Crippen LogP contribution is -2.18. The first-order valence-electron chi connectivity index (χ1n) is 3.79. The van der Waals surface area contributed by atoms with Gasteiger partial charge >= 0.3 is 0 Å². The lowest BCUT2D eigenvalue weighted by Gasteiger charge is -2.09. The largest absolute Gasteiger partial charge is 0.491 e. The van der Waals surface area contributed by atoms with E-state index in [4.69, 9.17) is 9.84 Å². The summed E-state index contributed by atoms with van der Waals surface area (Å²) < 4.78 is 5.26. The Balaban J connectivity index is 2.33. The number of para-hydroxylation sites is 1. The van der Waals surface area contributed by atoms with Gasteiger partial charge in [-0.3, -0.25) is 0 Å². The van der Waals surface area contributed by atoms with Crippen molar-refractivity contribution in [1.29, 1.82) is 0 Å². The molecule has 0 unspecified atom stereocenters. The normalized spacial score (nSPS) is 12.5. The average Bonchev–Trinajstić information content (AvgIpc) is 2.16. The van der Waals surface area contributed by atoms with Gasteiger partial charge in [0.2, 0.25) is 0 Å². The molecular formula is C9H12O2S. The predicted octanol–water partition coefficient (Wildman–Crippen LogP) is 1.36. The van der Waals surface area contributed by atoms with Crippen molar-refractivity contribution in [3.63, 3.8) is 0 Å². The van der Waals surface area contributed by atoms with E-state index in [-0.39, 0.29) is 0 Å². The van der Waals surface area contributed by atoms with Crippen LogP contribution in [0.25, 0.3) is 0 Å². The van der Waals surface area contributed by atoms with Crippen LogP contribution in [-0.4, -0.2) is 23.6 Å². The minimum atomic E-state index is -0.492. The van der Waals surface area contributed by atoms with Crippen LogP contribution in [0.5, 0.6) is 5.75 Å². The fourth-order valence-corrected chi connectivity index (χ4v) is 0.867. The standard InChI is InChI=1S/C9H12O2S/c10-8(7-12)6-11-9-4-2-1-3-5-9/h1-5,8,10,12H,6-7H2/t8-/m1/s1. The Hall–Kier alpha value is -0.670. The summed E-state index contributed by atoms with van der Waals surface area (Å²) in [5.74, 6) is 1.20. The van der Waals surface area contributed by atoms with Crippen LogP contribution < -0.4 is 4.74 Å². The van der Waals surface area contributed by atoms with Gasteiger partial charge in [-0.1, -0.05) is 18.2 Å². The number of rotatable bonds is 4. The highest BCUT2D eigenvalue weighted by molar-refractivity contribution is 7.80. The fraction of sp³-hybridized carbons (Fsp3) is 0.333. The summed E-state index contributed by atoms with van der Waals surface area (Å²) in [4.78, 5) is 0. The van der Waals surface area contributed by atoms with Gasteiger partial charge in [0.05, 0.1) is 6.10 Å². The molecule has 1 aromatic carbocycles. The SMILES string of the molecule is O[C@@H](CS)COc1ccccc1. The van der Waals surface area contributed by atoms with Gasteiger partial charge in [0, 0.05) is 5.75 Å². The summed E-state index contributed by atoms with van der Waals surface area (Å²) >= 11 is 3.93. The molecule has 2 nitrogen and oxygen atoms in total. The van der Waals surface area contributed by atoms with Gasteiger partial charge in [0.25, 0.3) is 0 Å². The molecule has 0 heterocycles. The Morgan fingerprint density at radius 3 is 2.58 bits per heavy atom. The van der Waals surface area contributed by atoms with Crippen molar-refractivity contribution in [3.8, 4) is 5.75 Å². The summed E-state index contributed by atoms with van der Waals surface area (Å²) in [5.41, 5.74) is 0. The molecule has 1 aromatic rings. The van der Waals surface area contributed by atoms with E-state index in [0.29, 0.717) is 12.4 Å². The van der Waals surface area contributed by atoms with Crippen molar-refractivity contribution < 1.29 is 9.84 Å². The van der Waals surface area contributed by atoms with Crippen LogP contribution in [0.1, 0.15) is 0 Å². The monoisotopic (exact) mass is 184 g/mol. The van der Waals surface area contributed by atoms with Gasteiger partial charge in [-0.15, -0.1) is 0 Å². The minimum Gasteiger partial charge on any atom is -0.491 e. The Morgan fingerprint density at radius 2 is 2.00 bits per heavy atom. The van der Waals surface area contributed by atoms with E-state index in [1.807, 2.05) is 30.3 Å². The third-order valence-electron chi connectivity index (χ3n) is 1.40. The van der Waals surface area contributed by atoms with Crippen molar-refractivity contribution in [2.24, 2.45) is 0 Å². The molecule has 1 atom stereocenters. The number of ether oxygens (including phenoxy) is 1. The van der Waals surface area contributed by atoms with Crippen LogP contribution in [0.2, 0.25) is 0 Å². The molecule has 0 fully saturated rings. The molecule has 0 aromatic heterocycles. The number of aliphatic hydroxyl groups is 1. The van der Waals surface area contributed by atoms with Gasteiger partial charge < -0.3 is 9.84 Å². The van der Waals surface area contributed by atoms with Crippen molar-refractivity contribution in [3.05, 3.63) is 30.3 Å². The van der Waals surface area contributed by atoms with E-state index in [0.717, 1.165) is 5.75 Å². The summed E-state index contributed by atoms with van der Waals surface area (Å²) in [6, 6.07) is 9.41. The second kappa shape index (κ2) is 5.06. The fourth-order valence-electron chi connectivity index (χ4n) is 0.762. The molecule has 0 amide bonds. The molecule has 1 rings (SSSR count). The first-order valence-corrected chi connectivity index (χ1v) is 4.43. The third kappa shape index (κ3) is 3.15. The van der Waals surface area contributed by atoms with E-state index in [2.05, 4.69) is 12.6 Å². The van der Waals surface area contributed by atoms with Gasteiger partial charge in [-0.2, -0.15) is 12.6 Å². The molecule has 0 radical (unpaired) electrons. The van der Waals surface area contributed by atoms with Crippen molar-refractivity contribution in [2.75, 3.05) is 12.4 Å². The molecule has 0 saturated carbocycles. The average molecular weight is 184 g/mol. The third-order valence-corrected chi connectivity index (χ3v) is 1.82. The second-order valence-corrected chi connectivity index (χ2v) is 2.83. The van der Waals surface area contributed by atoms with E-state index in [1.165, 1.54) is 0 Å². The molecule has 3 heteroatoms. The molecule has 1 N–H and O–H groups in total. The van der Waals surface area contributed by atoms with Crippen molar-refractivity contribution >= 4 is 12.6 Å². The first kappa shape index (κ1) is 9.42. The maximum atomic E-state index is 9.12. The quantitative estimate of drug-likeness (QED) is 0.692. The van der Waals surface area contributed by atoms with Crippen LogP contribution in [-0.2, 0) is 0 Å². The maximum absolute atomic E-state index is 9.12. The lowest BCUT2D eigenvalue weighted by molar-refractivity contribution is 0.126. The van der Waals surface area contributed by atoms with Crippen LogP contribution in [0.3, 0.4) is 0 Å². The van der Waals surface area contributed by atoms with Crippen molar-refractivity contribution in [1.82, 2.24) is 0 Å². The number of thiol groups is 1. The van der Waals surface area contributed by atoms with Crippen LogP contribution in [0, 0.1) is 0 Å². The highest BCUT2D eigenvalue weighted by Gasteiger charge is 2.00. The van der Waals surface area contributed by atoms with Crippen LogP contribution in [0.15, 0.2) is 30.3 Å². The van der Waals surface area contributed by atoms with Crippen LogP contribution >= 0.6 is 12.6 Å². The molecule has 0 aliphatic rings. The topological polar surface area (TPSA) is 29.5 Å². The molecule has 0 spiro atoms. The van der Waals surface area contributed by atoms with Crippen molar-refractivity contribution in [2.45, 2.75) is 6.10 Å². The second-order valence-electron chi connectivity index (χ2n) is 2.46. The lowest BCUT2D eigenvalue weighted by atomic mass is 10.3. The first-order chi connectivity index (χ1) is 5.83. The zero-order valence-electron chi connectivity index (χ0n) is 6.68. The number of aliphatic hydroxyl groups excluding tert-OH is 1. The van der Waals surface area contributed by atoms with Gasteiger partial charge in [-0.05, 0) is 12.1 Å².